The zero-order chi connectivity index (χ0) is 16.3. The van der Waals surface area contributed by atoms with Crippen LogP contribution < -0.4 is 0 Å². The van der Waals surface area contributed by atoms with E-state index >= 15 is 0 Å². The molecule has 0 rings (SSSR count). The molecule has 0 radical (unpaired) electrons. The van der Waals surface area contributed by atoms with Crippen molar-refractivity contribution in [1.29, 1.82) is 0 Å². The summed E-state index contributed by atoms with van der Waals surface area (Å²) in [6.45, 7) is 2.76. The number of unbranched alkanes of at least 4 members (excludes halogenated alkanes) is 15. The summed E-state index contributed by atoms with van der Waals surface area (Å²) < 4.78 is 4.74. The van der Waals surface area contributed by atoms with E-state index in [9.17, 15) is 0 Å². The molecule has 0 aliphatic heterocycles. The van der Waals surface area contributed by atoms with Crippen LogP contribution in [0.1, 0.15) is 113 Å². The van der Waals surface area contributed by atoms with Crippen molar-refractivity contribution in [2.45, 2.75) is 110 Å². The number of hydrogen-bond acceptors (Lipinski definition) is 3. The summed E-state index contributed by atoms with van der Waals surface area (Å²) >= 11 is 0. The normalized spacial score (nSPS) is 11.0. The molecular weight excluding hydrogens is 432 g/mol. The Morgan fingerprint density at radius 2 is 0.913 bits per heavy atom. The molecule has 0 amide bonds. The third-order valence-corrected chi connectivity index (χ3v) is 4.62. The Labute approximate surface area is 189 Å². The summed E-state index contributed by atoms with van der Waals surface area (Å²) in [6, 6.07) is 0. The predicted octanol–water partition coefficient (Wildman–Crippen LogP) is 6.32. The standard InChI is InChI=1S/C18H39O3P.Ba.2H/c1-2-3-4-5-6-7-8-9-10-11-12-13-14-15-16-17-18-21-22(19)20;;;/h19-20H,2-18H2,1H3;;;/q;+2;2*-1. The molecule has 2 N–H and O–H groups in total. The summed E-state index contributed by atoms with van der Waals surface area (Å²) in [5.74, 6) is 0. The van der Waals surface area contributed by atoms with E-state index in [2.05, 4.69) is 6.92 Å². The first-order chi connectivity index (χ1) is 10.8. The maximum Gasteiger partial charge on any atom is 2.00 e. The molecule has 0 aromatic rings. The van der Waals surface area contributed by atoms with Crippen LogP contribution in [0.25, 0.3) is 0 Å². The van der Waals surface area contributed by atoms with Crippen molar-refractivity contribution in [1.82, 2.24) is 0 Å². The first kappa shape index (κ1) is 27.1. The van der Waals surface area contributed by atoms with Crippen LogP contribution in [0.3, 0.4) is 0 Å². The second-order valence-corrected chi connectivity index (χ2v) is 7.15. The molecule has 0 aromatic carbocycles. The van der Waals surface area contributed by atoms with Gasteiger partial charge < -0.3 is 17.2 Å². The van der Waals surface area contributed by atoms with Gasteiger partial charge in [-0.05, 0) is 6.42 Å². The summed E-state index contributed by atoms with van der Waals surface area (Å²) in [4.78, 5) is 17.2. The third-order valence-electron chi connectivity index (χ3n) is 4.20. The SMILES string of the molecule is CCCCCCCCCCCCCCCCCCOP(O)O.[Ba+2].[H-].[H-]. The second-order valence-electron chi connectivity index (χ2n) is 6.39. The molecule has 0 aliphatic carbocycles. The van der Waals surface area contributed by atoms with E-state index < -0.39 is 8.60 Å². The maximum absolute atomic E-state index is 8.58. The largest absolute Gasteiger partial charge is 2.00 e. The minimum absolute atomic E-state index is 0. The van der Waals surface area contributed by atoms with Crippen molar-refractivity contribution in [3.8, 4) is 0 Å². The van der Waals surface area contributed by atoms with E-state index in [1.54, 1.807) is 0 Å². The van der Waals surface area contributed by atoms with E-state index in [1.807, 2.05) is 0 Å². The van der Waals surface area contributed by atoms with Crippen LogP contribution in [0.4, 0.5) is 0 Å². The van der Waals surface area contributed by atoms with E-state index in [1.165, 1.54) is 89.9 Å². The molecule has 138 valence electrons. The molecule has 0 aliphatic rings. The summed E-state index contributed by atoms with van der Waals surface area (Å²) in [5, 5.41) is 0. The molecule has 0 unspecified atom stereocenters. The Kier molecular flexibility index (Phi) is 28.1. The van der Waals surface area contributed by atoms with Crippen molar-refractivity contribution < 1.29 is 17.2 Å². The van der Waals surface area contributed by atoms with Crippen LogP contribution in [0.5, 0.6) is 0 Å². The van der Waals surface area contributed by atoms with Crippen LogP contribution in [0.15, 0.2) is 0 Å². The molecule has 23 heavy (non-hydrogen) atoms. The van der Waals surface area contributed by atoms with Crippen molar-refractivity contribution in [2.24, 2.45) is 0 Å². The maximum atomic E-state index is 8.58. The fourth-order valence-corrected chi connectivity index (χ4v) is 3.09. The predicted molar refractivity (Wildman–Crippen MR) is 105 cm³/mol. The van der Waals surface area contributed by atoms with Gasteiger partial charge in [0.1, 0.15) is 0 Å². The van der Waals surface area contributed by atoms with Gasteiger partial charge in [0.05, 0.1) is 6.61 Å². The summed E-state index contributed by atoms with van der Waals surface area (Å²) in [5.41, 5.74) is 0. The van der Waals surface area contributed by atoms with Gasteiger partial charge in [-0.1, -0.05) is 103 Å². The Morgan fingerprint density at radius 1 is 0.609 bits per heavy atom. The average Bonchev–Trinajstić information content (AvgIpc) is 2.50. The molecule has 0 heterocycles. The Morgan fingerprint density at radius 3 is 1.22 bits per heavy atom. The van der Waals surface area contributed by atoms with E-state index in [0.29, 0.717) is 6.61 Å². The molecular formula is C18H41BaO3P. The Balaban J connectivity index is -0.000000735. The third kappa shape index (κ3) is 26.2. The molecule has 0 saturated carbocycles. The second kappa shape index (κ2) is 23.9. The smallest absolute Gasteiger partial charge is 1.00 e. The monoisotopic (exact) mass is 474 g/mol. The van der Waals surface area contributed by atoms with Gasteiger partial charge in [0.25, 0.3) is 0 Å². The quantitative estimate of drug-likeness (QED) is 0.139. The van der Waals surface area contributed by atoms with Gasteiger partial charge >= 0.3 is 57.5 Å². The molecule has 0 saturated heterocycles. The fraction of sp³-hybridized carbons (Fsp3) is 1.00. The van der Waals surface area contributed by atoms with Crippen molar-refractivity contribution in [2.75, 3.05) is 6.61 Å². The molecule has 0 aromatic heterocycles. The van der Waals surface area contributed by atoms with Gasteiger partial charge in [-0.3, -0.25) is 0 Å². The van der Waals surface area contributed by atoms with Crippen LogP contribution in [-0.4, -0.2) is 65.3 Å². The van der Waals surface area contributed by atoms with Crippen molar-refractivity contribution in [3.63, 3.8) is 0 Å². The Bertz CT molecular complexity index is 217. The first-order valence-electron chi connectivity index (χ1n) is 9.58. The van der Waals surface area contributed by atoms with Gasteiger partial charge in [0.2, 0.25) is 0 Å². The van der Waals surface area contributed by atoms with Gasteiger partial charge in [0, 0.05) is 0 Å². The summed E-state index contributed by atoms with van der Waals surface area (Å²) in [6.07, 6.45) is 21.6. The molecule has 0 fully saturated rings. The van der Waals surface area contributed by atoms with Gasteiger partial charge in [-0.25, -0.2) is 0 Å². The fourth-order valence-electron chi connectivity index (χ4n) is 2.80. The van der Waals surface area contributed by atoms with E-state index in [0.717, 1.165) is 12.8 Å². The number of rotatable bonds is 18. The van der Waals surface area contributed by atoms with Crippen LogP contribution >= 0.6 is 8.60 Å². The van der Waals surface area contributed by atoms with Crippen molar-refractivity contribution >= 4 is 57.5 Å². The van der Waals surface area contributed by atoms with Crippen LogP contribution in [0.2, 0.25) is 0 Å². The minimum atomic E-state index is -2.14. The van der Waals surface area contributed by atoms with E-state index in [4.69, 9.17) is 14.3 Å². The zero-order valence-corrected chi connectivity index (χ0v) is 20.8. The topological polar surface area (TPSA) is 49.7 Å². The van der Waals surface area contributed by atoms with Gasteiger partial charge in [0.15, 0.2) is 0 Å². The molecule has 5 heteroatoms. The van der Waals surface area contributed by atoms with Gasteiger partial charge in [-0.2, -0.15) is 0 Å². The summed E-state index contributed by atoms with van der Waals surface area (Å²) in [7, 11) is -2.14. The molecule has 0 atom stereocenters. The van der Waals surface area contributed by atoms with Gasteiger partial charge in [-0.15, -0.1) is 0 Å². The minimum Gasteiger partial charge on any atom is -1.00 e. The van der Waals surface area contributed by atoms with Crippen LogP contribution in [0, 0.1) is 0 Å². The molecule has 3 nitrogen and oxygen atoms in total. The molecule has 0 spiro atoms. The number of hydrogen-bond donors (Lipinski definition) is 2. The van der Waals surface area contributed by atoms with Crippen molar-refractivity contribution in [3.05, 3.63) is 0 Å². The first-order valence-corrected chi connectivity index (χ1v) is 10.7. The molecule has 0 bridgehead atoms. The zero-order valence-electron chi connectivity index (χ0n) is 17.5. The van der Waals surface area contributed by atoms with E-state index in [-0.39, 0.29) is 51.7 Å². The average molecular weight is 474 g/mol. The Hall–Kier alpha value is 1.88. The van der Waals surface area contributed by atoms with Crippen LogP contribution in [-0.2, 0) is 4.52 Å².